The molecule has 8 rings (SSSR count). The number of para-hydroxylation sites is 2. The van der Waals surface area contributed by atoms with Crippen LogP contribution in [-0.2, 0) is 6.54 Å². The lowest BCUT2D eigenvalue weighted by Crippen LogP contribution is -1.99. The van der Waals surface area contributed by atoms with Crippen molar-refractivity contribution in [3.05, 3.63) is 139 Å². The van der Waals surface area contributed by atoms with Crippen LogP contribution in [0.5, 0.6) is 0 Å². The zero-order valence-corrected chi connectivity index (χ0v) is 21.3. The van der Waals surface area contributed by atoms with Gasteiger partial charge in [-0.15, -0.1) is 0 Å². The van der Waals surface area contributed by atoms with Crippen LogP contribution in [0.2, 0.25) is 0 Å². The second kappa shape index (κ2) is 8.75. The standard InChI is InChI=1S/C37H25NO/c1-2-11-27(12-3-1)38-23-24-9-8-10-25(21-24)26-17-18-32-34(22-26)29-14-5-4-13-28(29)31-19-20-33-30-15-6-7-16-35(30)39-37(33)36(31)32/h1-22,38H,23H2. The quantitative estimate of drug-likeness (QED) is 0.244. The first-order valence-electron chi connectivity index (χ1n) is 13.4. The van der Waals surface area contributed by atoms with Gasteiger partial charge in [-0.05, 0) is 80.0 Å². The molecule has 184 valence electrons. The highest BCUT2D eigenvalue weighted by atomic mass is 16.3. The lowest BCUT2D eigenvalue weighted by atomic mass is 9.91. The van der Waals surface area contributed by atoms with Gasteiger partial charge in [0.05, 0.1) is 0 Å². The molecule has 0 aliphatic heterocycles. The molecule has 0 aliphatic rings. The van der Waals surface area contributed by atoms with E-state index >= 15 is 0 Å². The molecule has 1 N–H and O–H groups in total. The summed E-state index contributed by atoms with van der Waals surface area (Å²) in [4.78, 5) is 0. The maximum absolute atomic E-state index is 6.51. The van der Waals surface area contributed by atoms with Gasteiger partial charge in [0, 0.05) is 28.4 Å². The fraction of sp³-hybridized carbons (Fsp3) is 0.0270. The van der Waals surface area contributed by atoms with Crippen molar-refractivity contribution in [3.63, 3.8) is 0 Å². The minimum Gasteiger partial charge on any atom is -0.455 e. The van der Waals surface area contributed by atoms with E-state index in [4.69, 9.17) is 4.42 Å². The molecule has 1 heterocycles. The summed E-state index contributed by atoms with van der Waals surface area (Å²) in [5.41, 5.74) is 6.71. The molecule has 7 aromatic carbocycles. The second-order valence-electron chi connectivity index (χ2n) is 10.2. The van der Waals surface area contributed by atoms with E-state index < -0.39 is 0 Å². The van der Waals surface area contributed by atoms with Crippen LogP contribution in [0.4, 0.5) is 5.69 Å². The molecule has 0 fully saturated rings. The van der Waals surface area contributed by atoms with E-state index in [0.717, 1.165) is 34.2 Å². The Kier molecular flexibility index (Phi) is 4.92. The first-order valence-corrected chi connectivity index (χ1v) is 13.4. The van der Waals surface area contributed by atoms with E-state index in [-0.39, 0.29) is 0 Å². The third-order valence-corrected chi connectivity index (χ3v) is 7.87. The summed E-state index contributed by atoms with van der Waals surface area (Å²) >= 11 is 0. The third kappa shape index (κ3) is 3.57. The number of hydrogen-bond donors (Lipinski definition) is 1. The molecule has 0 unspecified atom stereocenters. The molecule has 2 nitrogen and oxygen atoms in total. The summed E-state index contributed by atoms with van der Waals surface area (Å²) in [5, 5.41) is 13.3. The predicted octanol–water partition coefficient (Wildman–Crippen LogP) is 10.3. The van der Waals surface area contributed by atoms with Gasteiger partial charge in [0.2, 0.25) is 0 Å². The Morgan fingerprint density at radius 2 is 1.13 bits per heavy atom. The molecule has 0 radical (unpaired) electrons. The molecule has 2 heteroatoms. The number of benzene rings is 7. The highest BCUT2D eigenvalue weighted by molar-refractivity contribution is 6.32. The van der Waals surface area contributed by atoms with Gasteiger partial charge in [0.1, 0.15) is 11.2 Å². The Morgan fingerprint density at radius 1 is 0.462 bits per heavy atom. The van der Waals surface area contributed by atoms with Crippen molar-refractivity contribution in [2.24, 2.45) is 0 Å². The topological polar surface area (TPSA) is 25.2 Å². The molecule has 0 saturated heterocycles. The van der Waals surface area contributed by atoms with Gasteiger partial charge in [-0.1, -0.05) is 97.1 Å². The highest BCUT2D eigenvalue weighted by Crippen LogP contribution is 2.42. The van der Waals surface area contributed by atoms with Gasteiger partial charge < -0.3 is 9.73 Å². The van der Waals surface area contributed by atoms with Gasteiger partial charge >= 0.3 is 0 Å². The maximum atomic E-state index is 6.51. The Bertz CT molecular complexity index is 2170. The number of rotatable bonds is 4. The van der Waals surface area contributed by atoms with Crippen LogP contribution in [0, 0.1) is 0 Å². The molecule has 8 aromatic rings. The monoisotopic (exact) mass is 499 g/mol. The van der Waals surface area contributed by atoms with Crippen molar-refractivity contribution in [2.75, 3.05) is 5.32 Å². The molecule has 0 atom stereocenters. The number of hydrogen-bond acceptors (Lipinski definition) is 2. The fourth-order valence-electron chi connectivity index (χ4n) is 6.02. The van der Waals surface area contributed by atoms with Crippen molar-refractivity contribution in [1.29, 1.82) is 0 Å². The first kappa shape index (κ1) is 22.0. The summed E-state index contributed by atoms with van der Waals surface area (Å²) in [6, 6.07) is 47.6. The van der Waals surface area contributed by atoms with Gasteiger partial charge in [0.15, 0.2) is 0 Å². The zero-order chi connectivity index (χ0) is 25.8. The van der Waals surface area contributed by atoms with Crippen molar-refractivity contribution < 1.29 is 4.42 Å². The minimum absolute atomic E-state index is 0.781. The van der Waals surface area contributed by atoms with Crippen molar-refractivity contribution in [2.45, 2.75) is 6.54 Å². The molecule has 39 heavy (non-hydrogen) atoms. The van der Waals surface area contributed by atoms with Gasteiger partial charge in [-0.25, -0.2) is 0 Å². The number of nitrogens with one attached hydrogen (secondary N) is 1. The van der Waals surface area contributed by atoms with Crippen LogP contribution in [0.15, 0.2) is 138 Å². The lowest BCUT2D eigenvalue weighted by Gasteiger charge is -2.13. The van der Waals surface area contributed by atoms with E-state index in [1.165, 1.54) is 49.0 Å². The summed E-state index contributed by atoms with van der Waals surface area (Å²) in [5.74, 6) is 0. The average Bonchev–Trinajstić information content (AvgIpc) is 3.39. The summed E-state index contributed by atoms with van der Waals surface area (Å²) in [7, 11) is 0. The van der Waals surface area contributed by atoms with E-state index in [1.807, 2.05) is 12.1 Å². The summed E-state index contributed by atoms with van der Waals surface area (Å²) in [6.07, 6.45) is 0. The Labute approximate surface area is 226 Å². The SMILES string of the molecule is c1ccc(NCc2cccc(-c3ccc4c(c3)c3ccccc3c3ccc5c6ccccc6oc5c34)c2)cc1. The summed E-state index contributed by atoms with van der Waals surface area (Å²) < 4.78 is 6.51. The van der Waals surface area contributed by atoms with E-state index in [2.05, 4.69) is 127 Å². The Morgan fingerprint density at radius 3 is 2.00 bits per heavy atom. The van der Waals surface area contributed by atoms with Crippen LogP contribution >= 0.6 is 0 Å². The lowest BCUT2D eigenvalue weighted by molar-refractivity contribution is 0.673. The smallest absolute Gasteiger partial charge is 0.143 e. The molecule has 0 amide bonds. The molecule has 0 aliphatic carbocycles. The highest BCUT2D eigenvalue weighted by Gasteiger charge is 2.16. The largest absolute Gasteiger partial charge is 0.455 e. The van der Waals surface area contributed by atoms with Gasteiger partial charge in [0.25, 0.3) is 0 Å². The van der Waals surface area contributed by atoms with E-state index in [1.54, 1.807) is 0 Å². The van der Waals surface area contributed by atoms with Gasteiger partial charge in [-0.3, -0.25) is 0 Å². The van der Waals surface area contributed by atoms with Crippen LogP contribution in [0.3, 0.4) is 0 Å². The molecule has 1 aromatic heterocycles. The van der Waals surface area contributed by atoms with Gasteiger partial charge in [-0.2, -0.15) is 0 Å². The molecule has 0 spiro atoms. The number of furan rings is 1. The molecule has 0 bridgehead atoms. The Hall–Kier alpha value is -5.08. The fourth-order valence-corrected chi connectivity index (χ4v) is 6.02. The molecular weight excluding hydrogens is 474 g/mol. The third-order valence-electron chi connectivity index (χ3n) is 7.87. The normalized spacial score (nSPS) is 11.7. The van der Waals surface area contributed by atoms with Crippen molar-refractivity contribution >= 4 is 59.9 Å². The average molecular weight is 500 g/mol. The summed E-state index contributed by atoms with van der Waals surface area (Å²) in [6.45, 7) is 0.781. The van der Waals surface area contributed by atoms with Crippen LogP contribution in [0.25, 0.3) is 65.4 Å². The van der Waals surface area contributed by atoms with Crippen LogP contribution in [-0.4, -0.2) is 0 Å². The molecular formula is C37H25NO. The number of fused-ring (bicyclic) bond motifs is 10. The van der Waals surface area contributed by atoms with Crippen molar-refractivity contribution in [1.82, 2.24) is 0 Å². The Balaban J connectivity index is 1.33. The minimum atomic E-state index is 0.781. The number of anilines is 1. The van der Waals surface area contributed by atoms with E-state index in [0.29, 0.717) is 0 Å². The van der Waals surface area contributed by atoms with Crippen LogP contribution in [0.1, 0.15) is 5.56 Å². The van der Waals surface area contributed by atoms with Crippen molar-refractivity contribution in [3.8, 4) is 11.1 Å². The predicted molar refractivity (Wildman–Crippen MR) is 165 cm³/mol. The first-order chi connectivity index (χ1) is 19.3. The zero-order valence-electron chi connectivity index (χ0n) is 21.3. The van der Waals surface area contributed by atoms with E-state index in [9.17, 15) is 0 Å². The molecule has 0 saturated carbocycles. The second-order valence-corrected chi connectivity index (χ2v) is 10.2. The van der Waals surface area contributed by atoms with Crippen LogP contribution < -0.4 is 5.32 Å². The maximum Gasteiger partial charge on any atom is 0.143 e.